The average Bonchev–Trinajstić information content (AvgIpc) is 3.14. The van der Waals surface area contributed by atoms with E-state index in [2.05, 4.69) is 51.5 Å². The molecule has 3 nitrogen and oxygen atoms in total. The van der Waals surface area contributed by atoms with E-state index in [1.165, 1.54) is 11.3 Å². The molecule has 0 bridgehead atoms. The smallest absolute Gasteiger partial charge is 0.223 e. The molecule has 0 N–H and O–H groups in total. The van der Waals surface area contributed by atoms with E-state index in [0.717, 1.165) is 32.4 Å². The fourth-order valence-corrected chi connectivity index (χ4v) is 3.78. The van der Waals surface area contributed by atoms with Crippen LogP contribution in [0.15, 0.2) is 35.2 Å². The summed E-state index contributed by atoms with van der Waals surface area (Å²) in [6, 6.07) is 6.48. The number of nitrogens with zero attached hydrogens (tertiary/aromatic N) is 2. The van der Waals surface area contributed by atoms with Gasteiger partial charge in [-0.05, 0) is 47.4 Å². The highest BCUT2D eigenvalue weighted by Gasteiger charge is 2.30. The zero-order valence-corrected chi connectivity index (χ0v) is 13.3. The summed E-state index contributed by atoms with van der Waals surface area (Å²) in [6.45, 7) is 3.99. The molecular weight excluding hydrogens is 280 g/mol. The van der Waals surface area contributed by atoms with Crippen LogP contribution in [0.25, 0.3) is 0 Å². The quantitative estimate of drug-likeness (QED) is 0.836. The first-order valence-corrected chi connectivity index (χ1v) is 8.72. The van der Waals surface area contributed by atoms with E-state index >= 15 is 0 Å². The molecule has 4 heteroatoms. The maximum atomic E-state index is 12.7. The van der Waals surface area contributed by atoms with Gasteiger partial charge in [-0.3, -0.25) is 4.79 Å². The molecule has 3 heterocycles. The summed E-state index contributed by atoms with van der Waals surface area (Å²) in [6.07, 6.45) is 5.87. The second-order valence-electron chi connectivity index (χ2n) is 5.63. The highest BCUT2D eigenvalue weighted by atomic mass is 32.1. The number of carbonyl (C=O) groups excluding carboxylic acids is 1. The van der Waals surface area contributed by atoms with E-state index in [1.807, 2.05) is 0 Å². The number of aromatic nitrogens is 1. The first-order chi connectivity index (χ1) is 10.3. The van der Waals surface area contributed by atoms with E-state index in [4.69, 9.17) is 0 Å². The number of unbranched alkanes of at least 4 members (excludes halogenated alkanes) is 1. The first kappa shape index (κ1) is 14.4. The Morgan fingerprint density at radius 2 is 2.29 bits per heavy atom. The molecule has 1 amide bonds. The van der Waals surface area contributed by atoms with Crippen LogP contribution in [0.5, 0.6) is 0 Å². The number of fused-ring (bicyclic) bond motifs is 1. The van der Waals surface area contributed by atoms with E-state index in [1.54, 1.807) is 11.3 Å². The van der Waals surface area contributed by atoms with E-state index in [0.29, 0.717) is 12.3 Å². The summed E-state index contributed by atoms with van der Waals surface area (Å²) in [5.41, 5.74) is 2.49. The lowest BCUT2D eigenvalue weighted by Gasteiger charge is -2.30. The molecule has 0 aliphatic carbocycles. The standard InChI is InChI=1S/C17H22N2OS/c1-2-3-7-16(20)19-11-5-10-18-9-4-6-15(18)17(19)14-8-12-21-13-14/h4,6,8-9,12-13,17H,2-3,5,7,10-11H2,1H3. The predicted molar refractivity (Wildman–Crippen MR) is 86.4 cm³/mol. The Morgan fingerprint density at radius 3 is 3.05 bits per heavy atom. The van der Waals surface area contributed by atoms with E-state index in [-0.39, 0.29) is 6.04 Å². The largest absolute Gasteiger partial charge is 0.349 e. The molecule has 1 aliphatic heterocycles. The SMILES string of the molecule is CCCCC(=O)N1CCCn2cccc2C1c1ccsc1. The van der Waals surface area contributed by atoms with Crippen molar-refractivity contribution in [3.8, 4) is 0 Å². The Kier molecular flexibility index (Phi) is 4.44. The molecule has 0 aromatic carbocycles. The van der Waals surface area contributed by atoms with Gasteiger partial charge in [-0.15, -0.1) is 0 Å². The van der Waals surface area contributed by atoms with Gasteiger partial charge in [0, 0.05) is 31.4 Å². The van der Waals surface area contributed by atoms with Crippen LogP contribution in [0.4, 0.5) is 0 Å². The molecule has 2 aromatic heterocycles. The maximum Gasteiger partial charge on any atom is 0.223 e. The van der Waals surface area contributed by atoms with Gasteiger partial charge in [0.25, 0.3) is 0 Å². The Morgan fingerprint density at radius 1 is 1.38 bits per heavy atom. The van der Waals surface area contributed by atoms with Crippen molar-refractivity contribution in [3.05, 3.63) is 46.4 Å². The van der Waals surface area contributed by atoms with Crippen LogP contribution in [0.1, 0.15) is 49.9 Å². The Hall–Kier alpha value is -1.55. The zero-order chi connectivity index (χ0) is 14.7. The van der Waals surface area contributed by atoms with E-state index in [9.17, 15) is 4.79 Å². The molecule has 1 aliphatic rings. The third kappa shape index (κ3) is 2.91. The van der Waals surface area contributed by atoms with Crippen molar-refractivity contribution in [3.63, 3.8) is 0 Å². The van der Waals surface area contributed by atoms with Crippen molar-refractivity contribution in [2.45, 2.75) is 45.2 Å². The van der Waals surface area contributed by atoms with Gasteiger partial charge in [-0.25, -0.2) is 0 Å². The van der Waals surface area contributed by atoms with Crippen LogP contribution in [0.3, 0.4) is 0 Å². The predicted octanol–water partition coefficient (Wildman–Crippen LogP) is 4.06. The number of aryl methyl sites for hydroxylation is 1. The minimum Gasteiger partial charge on any atom is -0.349 e. The second-order valence-corrected chi connectivity index (χ2v) is 6.41. The van der Waals surface area contributed by atoms with Crippen molar-refractivity contribution in [2.24, 2.45) is 0 Å². The molecule has 2 aromatic rings. The third-order valence-electron chi connectivity index (χ3n) is 4.18. The van der Waals surface area contributed by atoms with Crippen LogP contribution in [0, 0.1) is 0 Å². The highest BCUT2D eigenvalue weighted by Crippen LogP contribution is 2.33. The fraction of sp³-hybridized carbons (Fsp3) is 0.471. The molecule has 0 saturated heterocycles. The first-order valence-electron chi connectivity index (χ1n) is 7.78. The summed E-state index contributed by atoms with van der Waals surface area (Å²) in [5, 5.41) is 4.27. The average molecular weight is 302 g/mol. The normalized spacial score (nSPS) is 18.3. The van der Waals surface area contributed by atoms with Gasteiger partial charge in [-0.1, -0.05) is 13.3 Å². The zero-order valence-electron chi connectivity index (χ0n) is 12.5. The van der Waals surface area contributed by atoms with Gasteiger partial charge in [0.05, 0.1) is 6.04 Å². The Labute approximate surface area is 130 Å². The van der Waals surface area contributed by atoms with Gasteiger partial charge in [-0.2, -0.15) is 11.3 Å². The summed E-state index contributed by atoms with van der Waals surface area (Å²) in [4.78, 5) is 14.8. The third-order valence-corrected chi connectivity index (χ3v) is 4.88. The molecule has 1 unspecified atom stereocenters. The number of hydrogen-bond acceptors (Lipinski definition) is 2. The lowest BCUT2D eigenvalue weighted by Crippen LogP contribution is -2.35. The number of hydrogen-bond donors (Lipinski definition) is 0. The second kappa shape index (κ2) is 6.48. The number of amides is 1. The lowest BCUT2D eigenvalue weighted by molar-refractivity contribution is -0.133. The van der Waals surface area contributed by atoms with Gasteiger partial charge in [0.1, 0.15) is 0 Å². The number of carbonyl (C=O) groups is 1. The summed E-state index contributed by atoms with van der Waals surface area (Å²) in [7, 11) is 0. The molecule has 0 saturated carbocycles. The Bertz CT molecular complexity index is 588. The minimum absolute atomic E-state index is 0.0816. The molecule has 0 fully saturated rings. The van der Waals surface area contributed by atoms with E-state index < -0.39 is 0 Å². The molecule has 1 atom stereocenters. The molecule has 21 heavy (non-hydrogen) atoms. The monoisotopic (exact) mass is 302 g/mol. The summed E-state index contributed by atoms with van der Waals surface area (Å²) in [5.74, 6) is 0.294. The Balaban J connectivity index is 1.96. The van der Waals surface area contributed by atoms with Crippen LogP contribution in [-0.4, -0.2) is 21.9 Å². The van der Waals surface area contributed by atoms with Crippen LogP contribution >= 0.6 is 11.3 Å². The number of thiophene rings is 1. The van der Waals surface area contributed by atoms with Crippen LogP contribution in [0.2, 0.25) is 0 Å². The van der Waals surface area contributed by atoms with Crippen molar-refractivity contribution in [1.82, 2.24) is 9.47 Å². The van der Waals surface area contributed by atoms with Crippen LogP contribution < -0.4 is 0 Å². The molecule has 112 valence electrons. The molecule has 0 spiro atoms. The van der Waals surface area contributed by atoms with Gasteiger partial charge < -0.3 is 9.47 Å². The van der Waals surface area contributed by atoms with Crippen molar-refractivity contribution < 1.29 is 4.79 Å². The van der Waals surface area contributed by atoms with Gasteiger partial charge in [0.2, 0.25) is 5.91 Å². The lowest BCUT2D eigenvalue weighted by atomic mass is 10.0. The van der Waals surface area contributed by atoms with Gasteiger partial charge in [0.15, 0.2) is 0 Å². The highest BCUT2D eigenvalue weighted by molar-refractivity contribution is 7.08. The van der Waals surface area contributed by atoms with Crippen molar-refractivity contribution in [2.75, 3.05) is 6.54 Å². The summed E-state index contributed by atoms with van der Waals surface area (Å²) >= 11 is 1.70. The van der Waals surface area contributed by atoms with Gasteiger partial charge >= 0.3 is 0 Å². The maximum absolute atomic E-state index is 12.7. The number of rotatable bonds is 4. The minimum atomic E-state index is 0.0816. The topological polar surface area (TPSA) is 25.2 Å². The van der Waals surface area contributed by atoms with Crippen LogP contribution in [-0.2, 0) is 11.3 Å². The summed E-state index contributed by atoms with van der Waals surface area (Å²) < 4.78 is 2.30. The molecular formula is C17H22N2OS. The molecule has 3 rings (SSSR count). The fourth-order valence-electron chi connectivity index (χ4n) is 3.10. The van der Waals surface area contributed by atoms with Crippen molar-refractivity contribution in [1.29, 1.82) is 0 Å². The molecule has 0 radical (unpaired) electrons. The van der Waals surface area contributed by atoms with Crippen molar-refractivity contribution >= 4 is 17.2 Å².